The molecule has 0 radical (unpaired) electrons. The Hall–Kier alpha value is -2.38. The molecule has 28 heavy (non-hydrogen) atoms. The molecule has 6 nitrogen and oxygen atoms in total. The molecule has 1 saturated heterocycles. The van der Waals surface area contributed by atoms with Gasteiger partial charge in [0.05, 0.1) is 23.8 Å². The fourth-order valence-electron chi connectivity index (χ4n) is 3.46. The average Bonchev–Trinajstić information content (AvgIpc) is 3.24. The van der Waals surface area contributed by atoms with Crippen LogP contribution in [0.15, 0.2) is 30.3 Å². The van der Waals surface area contributed by atoms with E-state index in [-0.39, 0.29) is 5.91 Å². The number of hydrogen-bond donors (Lipinski definition) is 1. The number of nitrogens with one attached hydrogen (secondary N) is 1. The van der Waals surface area contributed by atoms with Gasteiger partial charge in [0.1, 0.15) is 4.83 Å². The molecule has 0 saturated carbocycles. The molecular weight excluding hydrogens is 372 g/mol. The van der Waals surface area contributed by atoms with Crippen molar-refractivity contribution < 1.29 is 9.53 Å². The van der Waals surface area contributed by atoms with Gasteiger partial charge in [0, 0.05) is 36.4 Å². The Kier molecular flexibility index (Phi) is 5.37. The molecule has 1 aromatic carbocycles. The van der Waals surface area contributed by atoms with Crippen LogP contribution in [0.3, 0.4) is 0 Å². The molecule has 7 heteroatoms. The summed E-state index contributed by atoms with van der Waals surface area (Å²) in [6, 6.07) is 9.98. The quantitative estimate of drug-likeness (QED) is 0.701. The highest BCUT2D eigenvalue weighted by molar-refractivity contribution is 7.20. The SMILES string of the molecule is Cc1nn(CC(C)C)c2sc(C(=O)Nc3ccc(N4CCOCC4)cc3)cc12. The lowest BCUT2D eigenvalue weighted by molar-refractivity contribution is 0.103. The predicted molar refractivity (Wildman–Crippen MR) is 115 cm³/mol. The number of benzene rings is 1. The van der Waals surface area contributed by atoms with Gasteiger partial charge in [-0.15, -0.1) is 11.3 Å². The normalized spacial score (nSPS) is 14.8. The zero-order chi connectivity index (χ0) is 19.7. The van der Waals surface area contributed by atoms with Gasteiger partial charge < -0.3 is 15.0 Å². The monoisotopic (exact) mass is 398 g/mol. The lowest BCUT2D eigenvalue weighted by Gasteiger charge is -2.28. The van der Waals surface area contributed by atoms with E-state index in [1.807, 2.05) is 29.8 Å². The molecule has 0 bridgehead atoms. The van der Waals surface area contributed by atoms with E-state index in [2.05, 4.69) is 41.3 Å². The number of rotatable bonds is 5. The Bertz CT molecular complexity index is 968. The number of fused-ring (bicyclic) bond motifs is 1. The van der Waals surface area contributed by atoms with E-state index in [0.717, 1.165) is 60.1 Å². The van der Waals surface area contributed by atoms with Gasteiger partial charge in [0.2, 0.25) is 0 Å². The van der Waals surface area contributed by atoms with Crippen LogP contribution in [-0.2, 0) is 11.3 Å². The largest absolute Gasteiger partial charge is 0.378 e. The molecular formula is C21H26N4O2S. The zero-order valence-corrected chi connectivity index (χ0v) is 17.4. The first-order valence-electron chi connectivity index (χ1n) is 9.72. The highest BCUT2D eigenvalue weighted by Crippen LogP contribution is 2.29. The molecule has 1 N–H and O–H groups in total. The topological polar surface area (TPSA) is 59.4 Å². The van der Waals surface area contributed by atoms with Crippen molar-refractivity contribution in [2.24, 2.45) is 5.92 Å². The first-order chi connectivity index (χ1) is 13.5. The van der Waals surface area contributed by atoms with Gasteiger partial charge in [-0.2, -0.15) is 5.10 Å². The zero-order valence-electron chi connectivity index (χ0n) is 16.6. The Balaban J connectivity index is 1.48. The van der Waals surface area contributed by atoms with Crippen LogP contribution in [0.4, 0.5) is 11.4 Å². The van der Waals surface area contributed by atoms with Crippen molar-refractivity contribution >= 4 is 38.8 Å². The van der Waals surface area contributed by atoms with Gasteiger partial charge >= 0.3 is 0 Å². The van der Waals surface area contributed by atoms with Crippen molar-refractivity contribution in [3.05, 3.63) is 40.9 Å². The number of morpholine rings is 1. The molecule has 0 aliphatic carbocycles. The fraction of sp³-hybridized carbons (Fsp3) is 0.429. The fourth-order valence-corrected chi connectivity index (χ4v) is 4.53. The Morgan fingerprint density at radius 3 is 2.64 bits per heavy atom. The van der Waals surface area contributed by atoms with E-state index >= 15 is 0 Å². The number of ether oxygens (including phenoxy) is 1. The molecule has 1 fully saturated rings. The Morgan fingerprint density at radius 1 is 1.25 bits per heavy atom. The van der Waals surface area contributed by atoms with Gasteiger partial charge in [-0.05, 0) is 43.2 Å². The summed E-state index contributed by atoms with van der Waals surface area (Å²) in [6.07, 6.45) is 0. The van der Waals surface area contributed by atoms with Crippen LogP contribution in [-0.4, -0.2) is 42.0 Å². The molecule has 0 spiro atoms. The molecule has 4 rings (SSSR count). The van der Waals surface area contributed by atoms with Gasteiger partial charge in [-0.1, -0.05) is 13.8 Å². The third kappa shape index (κ3) is 3.91. The van der Waals surface area contributed by atoms with Crippen LogP contribution in [0, 0.1) is 12.8 Å². The van der Waals surface area contributed by atoms with Gasteiger partial charge in [-0.3, -0.25) is 9.48 Å². The third-order valence-corrected chi connectivity index (χ3v) is 6.02. The minimum Gasteiger partial charge on any atom is -0.378 e. The van der Waals surface area contributed by atoms with E-state index in [1.54, 1.807) is 0 Å². The van der Waals surface area contributed by atoms with Crippen molar-refractivity contribution in [1.29, 1.82) is 0 Å². The van der Waals surface area contributed by atoms with E-state index in [0.29, 0.717) is 10.8 Å². The van der Waals surface area contributed by atoms with Crippen molar-refractivity contribution in [3.8, 4) is 0 Å². The van der Waals surface area contributed by atoms with Crippen LogP contribution < -0.4 is 10.2 Å². The number of carbonyl (C=O) groups is 1. The number of aromatic nitrogens is 2. The van der Waals surface area contributed by atoms with Crippen molar-refractivity contribution in [2.75, 3.05) is 36.5 Å². The predicted octanol–water partition coefficient (Wildman–Crippen LogP) is 4.15. The van der Waals surface area contributed by atoms with Crippen LogP contribution in [0.5, 0.6) is 0 Å². The summed E-state index contributed by atoms with van der Waals surface area (Å²) >= 11 is 1.51. The Morgan fingerprint density at radius 2 is 1.96 bits per heavy atom. The number of nitrogens with zero attached hydrogens (tertiary/aromatic N) is 3. The number of carbonyl (C=O) groups excluding carboxylic acids is 1. The highest BCUT2D eigenvalue weighted by atomic mass is 32.1. The second-order valence-corrected chi connectivity index (χ2v) is 8.62. The molecule has 148 valence electrons. The molecule has 3 aromatic rings. The van der Waals surface area contributed by atoms with Crippen LogP contribution in [0.25, 0.3) is 10.2 Å². The minimum atomic E-state index is -0.0733. The standard InChI is InChI=1S/C21H26N4O2S/c1-14(2)13-25-21-18(15(3)23-25)12-19(28-21)20(26)22-16-4-6-17(7-5-16)24-8-10-27-11-9-24/h4-7,12,14H,8-11,13H2,1-3H3,(H,22,26). The summed E-state index contributed by atoms with van der Waals surface area (Å²) in [4.78, 5) is 16.8. The van der Waals surface area contributed by atoms with Gasteiger partial charge in [0.25, 0.3) is 5.91 Å². The van der Waals surface area contributed by atoms with Crippen molar-refractivity contribution in [2.45, 2.75) is 27.3 Å². The summed E-state index contributed by atoms with van der Waals surface area (Å²) < 4.78 is 7.42. The first kappa shape index (κ1) is 19.0. The third-order valence-electron chi connectivity index (χ3n) is 4.87. The highest BCUT2D eigenvalue weighted by Gasteiger charge is 2.17. The molecule has 1 aliphatic rings. The van der Waals surface area contributed by atoms with E-state index < -0.39 is 0 Å². The Labute approximate surface area is 169 Å². The van der Waals surface area contributed by atoms with E-state index in [1.165, 1.54) is 11.3 Å². The maximum Gasteiger partial charge on any atom is 0.265 e. The maximum atomic E-state index is 12.8. The average molecular weight is 399 g/mol. The van der Waals surface area contributed by atoms with Crippen molar-refractivity contribution in [1.82, 2.24) is 9.78 Å². The van der Waals surface area contributed by atoms with Crippen molar-refractivity contribution in [3.63, 3.8) is 0 Å². The molecule has 1 aliphatic heterocycles. The molecule has 1 amide bonds. The summed E-state index contributed by atoms with van der Waals surface area (Å²) in [6.45, 7) is 10.5. The lowest BCUT2D eigenvalue weighted by Crippen LogP contribution is -2.36. The summed E-state index contributed by atoms with van der Waals surface area (Å²) in [5.41, 5.74) is 2.94. The van der Waals surface area contributed by atoms with Gasteiger partial charge in [0.15, 0.2) is 0 Å². The lowest BCUT2D eigenvalue weighted by atomic mass is 10.2. The molecule has 0 unspecified atom stereocenters. The van der Waals surface area contributed by atoms with Crippen LogP contribution in [0.1, 0.15) is 29.2 Å². The second-order valence-electron chi connectivity index (χ2n) is 7.59. The van der Waals surface area contributed by atoms with E-state index in [4.69, 9.17) is 4.74 Å². The summed E-state index contributed by atoms with van der Waals surface area (Å²) in [7, 11) is 0. The summed E-state index contributed by atoms with van der Waals surface area (Å²) in [5, 5.41) is 8.70. The van der Waals surface area contributed by atoms with E-state index in [9.17, 15) is 4.79 Å². The number of hydrogen-bond acceptors (Lipinski definition) is 5. The number of thiophene rings is 1. The summed E-state index contributed by atoms with van der Waals surface area (Å²) in [5.74, 6) is 0.433. The number of aryl methyl sites for hydroxylation is 1. The molecule has 2 aromatic heterocycles. The minimum absolute atomic E-state index is 0.0733. The second kappa shape index (κ2) is 7.93. The van der Waals surface area contributed by atoms with Crippen LogP contribution >= 0.6 is 11.3 Å². The molecule has 3 heterocycles. The number of amides is 1. The number of anilines is 2. The first-order valence-corrected chi connectivity index (χ1v) is 10.5. The van der Waals surface area contributed by atoms with Gasteiger partial charge in [-0.25, -0.2) is 0 Å². The maximum absolute atomic E-state index is 12.8. The smallest absolute Gasteiger partial charge is 0.265 e. The molecule has 0 atom stereocenters. The van der Waals surface area contributed by atoms with Crippen LogP contribution in [0.2, 0.25) is 0 Å².